The average molecular weight is 281 g/mol. The van der Waals surface area contributed by atoms with Gasteiger partial charge in [0.05, 0.1) is 0 Å². The summed E-state index contributed by atoms with van der Waals surface area (Å²) >= 11 is 0. The van der Waals surface area contributed by atoms with E-state index in [4.69, 9.17) is 11.5 Å². The Morgan fingerprint density at radius 1 is 1.14 bits per heavy atom. The van der Waals surface area contributed by atoms with Crippen molar-refractivity contribution < 1.29 is 4.79 Å². The molecule has 4 nitrogen and oxygen atoms in total. The van der Waals surface area contributed by atoms with Crippen LogP contribution < -0.4 is 16.8 Å². The minimum Gasteiger partial charge on any atom is -0.366 e. The van der Waals surface area contributed by atoms with Crippen LogP contribution in [0.4, 0.5) is 0 Å². The molecule has 4 heteroatoms. The molecule has 0 heterocycles. The van der Waals surface area contributed by atoms with Crippen LogP contribution in [0.25, 0.3) is 0 Å². The van der Waals surface area contributed by atoms with Crippen molar-refractivity contribution in [3.8, 4) is 0 Å². The van der Waals surface area contributed by atoms with Gasteiger partial charge in [0.25, 0.3) is 0 Å². The summed E-state index contributed by atoms with van der Waals surface area (Å²) in [6.45, 7) is 0.687. The van der Waals surface area contributed by atoms with E-state index in [-0.39, 0.29) is 12.1 Å². The Balaban J connectivity index is 1.72. The molecule has 2 aromatic rings. The van der Waals surface area contributed by atoms with E-state index < -0.39 is 5.91 Å². The van der Waals surface area contributed by atoms with Crippen molar-refractivity contribution >= 4 is 5.91 Å². The van der Waals surface area contributed by atoms with Gasteiger partial charge in [-0.1, -0.05) is 36.4 Å². The lowest BCUT2D eigenvalue weighted by Crippen LogP contribution is -2.20. The van der Waals surface area contributed by atoms with Gasteiger partial charge in [-0.25, -0.2) is 0 Å². The van der Waals surface area contributed by atoms with Gasteiger partial charge in [0.1, 0.15) is 0 Å². The Bertz CT molecular complexity index is 669. The number of hydrogen-bond donors (Lipinski definition) is 3. The summed E-state index contributed by atoms with van der Waals surface area (Å²) in [6, 6.07) is 16.0. The highest BCUT2D eigenvalue weighted by Crippen LogP contribution is 2.37. The van der Waals surface area contributed by atoms with Gasteiger partial charge in [0.15, 0.2) is 0 Å². The maximum Gasteiger partial charge on any atom is 0.248 e. The molecule has 3 rings (SSSR count). The van der Waals surface area contributed by atoms with E-state index >= 15 is 0 Å². The number of nitrogens with two attached hydrogens (primary N) is 2. The molecule has 0 spiro atoms. The second-order valence-electron chi connectivity index (χ2n) is 5.47. The smallest absolute Gasteiger partial charge is 0.248 e. The topological polar surface area (TPSA) is 81.1 Å². The SMILES string of the molecule is NC(=O)c1cccc(CNC2CC(N)c3ccccc32)c1. The monoisotopic (exact) mass is 281 g/mol. The molecule has 1 aliphatic carbocycles. The quantitative estimate of drug-likeness (QED) is 0.802. The van der Waals surface area contributed by atoms with Crippen molar-refractivity contribution in [2.24, 2.45) is 11.5 Å². The van der Waals surface area contributed by atoms with E-state index in [9.17, 15) is 4.79 Å². The molecule has 0 saturated carbocycles. The van der Waals surface area contributed by atoms with Crippen LogP contribution in [0.1, 0.15) is 45.6 Å². The van der Waals surface area contributed by atoms with Crippen molar-refractivity contribution in [1.82, 2.24) is 5.32 Å². The molecule has 0 bridgehead atoms. The molecular weight excluding hydrogens is 262 g/mol. The summed E-state index contributed by atoms with van der Waals surface area (Å²) in [7, 11) is 0. The number of carbonyl (C=O) groups excluding carboxylic acids is 1. The summed E-state index contributed by atoms with van der Waals surface area (Å²) < 4.78 is 0. The van der Waals surface area contributed by atoms with Crippen molar-refractivity contribution in [2.45, 2.75) is 25.0 Å². The molecule has 21 heavy (non-hydrogen) atoms. The number of primary amides is 1. The number of hydrogen-bond acceptors (Lipinski definition) is 3. The second kappa shape index (κ2) is 5.68. The standard InChI is InChI=1S/C17H19N3O/c18-15-9-16(14-7-2-1-6-13(14)15)20-10-11-4-3-5-12(8-11)17(19)21/h1-8,15-16,20H,9-10,18H2,(H2,19,21). The third kappa shape index (κ3) is 2.82. The summed E-state index contributed by atoms with van der Waals surface area (Å²) in [5, 5.41) is 3.52. The molecule has 108 valence electrons. The Morgan fingerprint density at radius 2 is 1.90 bits per heavy atom. The van der Waals surface area contributed by atoms with Gasteiger partial charge in [-0.3, -0.25) is 4.79 Å². The van der Waals surface area contributed by atoms with Crippen LogP contribution >= 0.6 is 0 Å². The molecule has 1 amide bonds. The van der Waals surface area contributed by atoms with Crippen molar-refractivity contribution in [1.29, 1.82) is 0 Å². The molecule has 1 aliphatic rings. The number of amides is 1. The summed E-state index contributed by atoms with van der Waals surface area (Å²) in [5.41, 5.74) is 15.6. The van der Waals surface area contributed by atoms with Gasteiger partial charge < -0.3 is 16.8 Å². The fourth-order valence-corrected chi connectivity index (χ4v) is 2.94. The summed E-state index contributed by atoms with van der Waals surface area (Å²) in [4.78, 5) is 11.2. The fraction of sp³-hybridized carbons (Fsp3) is 0.235. The van der Waals surface area contributed by atoms with Gasteiger partial charge >= 0.3 is 0 Å². The first-order valence-electron chi connectivity index (χ1n) is 7.11. The van der Waals surface area contributed by atoms with Gasteiger partial charge in [-0.2, -0.15) is 0 Å². The Morgan fingerprint density at radius 3 is 2.67 bits per heavy atom. The summed E-state index contributed by atoms with van der Waals surface area (Å²) in [6.07, 6.45) is 0.898. The van der Waals surface area contributed by atoms with Crippen LogP contribution in [0.5, 0.6) is 0 Å². The molecule has 0 radical (unpaired) electrons. The molecular formula is C17H19N3O. The first-order valence-corrected chi connectivity index (χ1v) is 7.11. The molecule has 2 unspecified atom stereocenters. The Kier molecular flexibility index (Phi) is 3.73. The summed E-state index contributed by atoms with van der Waals surface area (Å²) in [5.74, 6) is -0.398. The molecule has 2 atom stereocenters. The van der Waals surface area contributed by atoms with Crippen LogP contribution in [0, 0.1) is 0 Å². The molecule has 5 N–H and O–H groups in total. The normalized spacial score (nSPS) is 20.2. The van der Waals surface area contributed by atoms with Gasteiger partial charge in [0.2, 0.25) is 5.91 Å². The first-order chi connectivity index (χ1) is 10.1. The van der Waals surface area contributed by atoms with E-state index in [1.807, 2.05) is 30.3 Å². The highest BCUT2D eigenvalue weighted by molar-refractivity contribution is 5.92. The number of rotatable bonds is 4. The number of fused-ring (bicyclic) bond motifs is 1. The zero-order chi connectivity index (χ0) is 14.8. The average Bonchev–Trinajstić information content (AvgIpc) is 2.82. The number of carbonyl (C=O) groups is 1. The van der Waals surface area contributed by atoms with Crippen LogP contribution in [0.2, 0.25) is 0 Å². The molecule has 0 saturated heterocycles. The van der Waals surface area contributed by atoms with Crippen molar-refractivity contribution in [3.63, 3.8) is 0 Å². The Hall–Kier alpha value is -2.17. The van der Waals surface area contributed by atoms with E-state index in [1.165, 1.54) is 11.1 Å². The zero-order valence-electron chi connectivity index (χ0n) is 11.8. The van der Waals surface area contributed by atoms with Gasteiger partial charge in [-0.05, 0) is 35.2 Å². The van der Waals surface area contributed by atoms with Crippen LogP contribution in [-0.2, 0) is 6.54 Å². The molecule has 0 aromatic heterocycles. The molecule has 0 fully saturated rings. The predicted octanol–water partition coefficient (Wildman–Crippen LogP) is 2.02. The lowest BCUT2D eigenvalue weighted by atomic mass is 10.1. The third-order valence-electron chi connectivity index (χ3n) is 4.02. The van der Waals surface area contributed by atoms with Crippen molar-refractivity contribution in [2.75, 3.05) is 0 Å². The van der Waals surface area contributed by atoms with Crippen molar-refractivity contribution in [3.05, 3.63) is 70.8 Å². The van der Waals surface area contributed by atoms with E-state index in [0.29, 0.717) is 12.1 Å². The maximum atomic E-state index is 11.2. The highest BCUT2D eigenvalue weighted by atomic mass is 16.1. The van der Waals surface area contributed by atoms with Crippen LogP contribution in [0.15, 0.2) is 48.5 Å². The minimum absolute atomic E-state index is 0.0932. The predicted molar refractivity (Wildman–Crippen MR) is 82.5 cm³/mol. The first kappa shape index (κ1) is 13.8. The van der Waals surface area contributed by atoms with E-state index in [1.54, 1.807) is 6.07 Å². The number of nitrogens with one attached hydrogen (secondary N) is 1. The largest absolute Gasteiger partial charge is 0.366 e. The minimum atomic E-state index is -0.398. The second-order valence-corrected chi connectivity index (χ2v) is 5.47. The maximum absolute atomic E-state index is 11.2. The van der Waals surface area contributed by atoms with E-state index in [2.05, 4.69) is 17.4 Å². The van der Waals surface area contributed by atoms with E-state index in [0.717, 1.165) is 12.0 Å². The highest BCUT2D eigenvalue weighted by Gasteiger charge is 2.27. The lowest BCUT2D eigenvalue weighted by Gasteiger charge is -2.14. The van der Waals surface area contributed by atoms with Crippen LogP contribution in [0.3, 0.4) is 0 Å². The van der Waals surface area contributed by atoms with Gasteiger partial charge in [0, 0.05) is 24.2 Å². The third-order valence-corrected chi connectivity index (χ3v) is 4.02. The van der Waals surface area contributed by atoms with Crippen LogP contribution in [-0.4, -0.2) is 5.91 Å². The molecule has 0 aliphatic heterocycles. The molecule has 2 aromatic carbocycles. The fourth-order valence-electron chi connectivity index (χ4n) is 2.94. The number of benzene rings is 2. The Labute approximate surface area is 124 Å². The van der Waals surface area contributed by atoms with Gasteiger partial charge in [-0.15, -0.1) is 0 Å². The lowest BCUT2D eigenvalue weighted by molar-refractivity contribution is 0.1000. The zero-order valence-corrected chi connectivity index (χ0v) is 11.8.